The van der Waals surface area contributed by atoms with E-state index >= 15 is 0 Å². The van der Waals surface area contributed by atoms with Gasteiger partial charge in [-0.05, 0) is 75.6 Å². The van der Waals surface area contributed by atoms with Gasteiger partial charge in [0.1, 0.15) is 0 Å². The standard InChI is InChI=1S/C33H20BrF3N4/c34-32-26-15-13-24(39-26)30(19-7-3-1-4-8-19)23-12-11-21(38-23)17-28-22(33(35,36)37)18-29(41-28)31(20-9-5-2-6-10-20)25-14-16-27(32)40-25/h1-18,38,41H. The predicted octanol–water partition coefficient (Wildman–Crippen LogP) is 9.77. The van der Waals surface area contributed by atoms with Gasteiger partial charge in [0.25, 0.3) is 0 Å². The number of nitrogens with zero attached hydrogens (tertiary/aromatic N) is 2. The van der Waals surface area contributed by atoms with Crippen LogP contribution < -0.4 is 0 Å². The maximum Gasteiger partial charge on any atom is 0.418 e. The lowest BCUT2D eigenvalue weighted by Crippen LogP contribution is -2.03. The Hall–Kier alpha value is -4.69. The molecule has 0 saturated heterocycles. The van der Waals surface area contributed by atoms with Gasteiger partial charge >= 0.3 is 6.18 Å². The third-order valence-corrected chi connectivity index (χ3v) is 7.88. The van der Waals surface area contributed by atoms with Crippen LogP contribution in [-0.4, -0.2) is 19.9 Å². The van der Waals surface area contributed by atoms with Crippen LogP contribution in [0.15, 0.2) is 89.4 Å². The Morgan fingerprint density at radius 2 is 1.10 bits per heavy atom. The Morgan fingerprint density at radius 3 is 1.66 bits per heavy atom. The molecule has 8 heteroatoms. The predicted molar refractivity (Wildman–Crippen MR) is 162 cm³/mol. The molecule has 7 rings (SSSR count). The molecule has 0 radical (unpaired) electrons. The summed E-state index contributed by atoms with van der Waals surface area (Å²) in [6.45, 7) is 0. The molecule has 2 aliphatic rings. The van der Waals surface area contributed by atoms with Crippen LogP contribution in [0.4, 0.5) is 13.2 Å². The molecule has 41 heavy (non-hydrogen) atoms. The van der Waals surface area contributed by atoms with Crippen LogP contribution in [-0.2, 0) is 6.18 Å². The molecule has 0 fully saturated rings. The minimum atomic E-state index is -4.57. The Kier molecular flexibility index (Phi) is 6.01. The number of rotatable bonds is 2. The molecule has 3 aromatic heterocycles. The van der Waals surface area contributed by atoms with Crippen molar-refractivity contribution < 1.29 is 13.2 Å². The van der Waals surface area contributed by atoms with E-state index < -0.39 is 11.7 Å². The van der Waals surface area contributed by atoms with Crippen molar-refractivity contribution in [3.63, 3.8) is 0 Å². The molecule has 0 aliphatic carbocycles. The molecule has 0 spiro atoms. The first kappa shape index (κ1) is 25.3. The van der Waals surface area contributed by atoms with Gasteiger partial charge in [-0.1, -0.05) is 60.7 Å². The summed E-state index contributed by atoms with van der Waals surface area (Å²) in [5.41, 5.74) is 6.45. The van der Waals surface area contributed by atoms with E-state index in [2.05, 4.69) is 25.9 Å². The number of aromatic amines is 2. The monoisotopic (exact) mass is 608 g/mol. The van der Waals surface area contributed by atoms with Crippen molar-refractivity contribution in [2.45, 2.75) is 6.18 Å². The second kappa shape index (κ2) is 9.74. The number of fused-ring (bicyclic) bond motifs is 8. The third kappa shape index (κ3) is 4.60. The average Bonchev–Trinajstić information content (AvgIpc) is 3.78. The first-order chi connectivity index (χ1) is 19.8. The number of halogens is 4. The van der Waals surface area contributed by atoms with Crippen LogP contribution >= 0.6 is 15.9 Å². The molecule has 4 nitrogen and oxygen atoms in total. The molecular formula is C33H20BrF3N4. The van der Waals surface area contributed by atoms with Crippen molar-refractivity contribution in [2.24, 2.45) is 0 Å². The summed E-state index contributed by atoms with van der Waals surface area (Å²) >= 11 is 3.69. The molecule has 0 unspecified atom stereocenters. The van der Waals surface area contributed by atoms with E-state index in [0.717, 1.165) is 34.0 Å². The van der Waals surface area contributed by atoms with E-state index in [0.29, 0.717) is 38.2 Å². The third-order valence-electron chi connectivity index (χ3n) is 7.07. The van der Waals surface area contributed by atoms with Gasteiger partial charge in [-0.25, -0.2) is 9.97 Å². The summed E-state index contributed by atoms with van der Waals surface area (Å²) in [6.07, 6.45) is 2.95. The quantitative estimate of drug-likeness (QED) is 0.205. The zero-order valence-electron chi connectivity index (χ0n) is 21.3. The van der Waals surface area contributed by atoms with Crippen LogP contribution in [0, 0.1) is 0 Å². The summed E-state index contributed by atoms with van der Waals surface area (Å²) in [4.78, 5) is 16.1. The molecule has 200 valence electrons. The van der Waals surface area contributed by atoms with Crippen LogP contribution in [0.2, 0.25) is 0 Å². The molecule has 0 amide bonds. The van der Waals surface area contributed by atoms with Gasteiger partial charge < -0.3 is 9.97 Å². The fourth-order valence-electron chi connectivity index (χ4n) is 5.22. The van der Waals surface area contributed by atoms with Gasteiger partial charge in [0.05, 0.1) is 38.3 Å². The summed E-state index contributed by atoms with van der Waals surface area (Å²) in [7, 11) is 0. The Labute approximate surface area is 241 Å². The summed E-state index contributed by atoms with van der Waals surface area (Å²) in [5, 5.41) is 0. The van der Waals surface area contributed by atoms with E-state index in [-0.39, 0.29) is 5.52 Å². The van der Waals surface area contributed by atoms with Crippen molar-refractivity contribution in [1.29, 1.82) is 0 Å². The van der Waals surface area contributed by atoms with Gasteiger partial charge in [-0.15, -0.1) is 0 Å². The number of nitrogens with one attached hydrogen (secondary N) is 2. The van der Waals surface area contributed by atoms with Crippen molar-refractivity contribution in [1.82, 2.24) is 19.9 Å². The average molecular weight is 609 g/mol. The largest absolute Gasteiger partial charge is 0.418 e. The fourth-order valence-corrected chi connectivity index (χ4v) is 5.66. The van der Waals surface area contributed by atoms with E-state index in [1.54, 1.807) is 6.07 Å². The van der Waals surface area contributed by atoms with Gasteiger partial charge in [-0.2, -0.15) is 13.2 Å². The molecule has 0 atom stereocenters. The topological polar surface area (TPSA) is 57.4 Å². The lowest BCUT2D eigenvalue weighted by atomic mass is 10.0. The molecule has 2 N–H and O–H groups in total. The second-order valence-corrected chi connectivity index (χ2v) is 10.5. The van der Waals surface area contributed by atoms with Crippen LogP contribution in [0.1, 0.15) is 28.3 Å². The Balaban J connectivity index is 1.66. The highest BCUT2D eigenvalue weighted by Crippen LogP contribution is 2.38. The van der Waals surface area contributed by atoms with Crippen LogP contribution in [0.25, 0.3) is 68.6 Å². The molecule has 2 aromatic carbocycles. The SMILES string of the molecule is FC(F)(F)c1cc2[nH]c1cc1ccc([nH]1)c(-c1ccccc1)c1nc(c(Br)c3nc(c2-c2ccccc2)C=C3)C=C1. The number of aromatic nitrogens is 4. The second-order valence-electron chi connectivity index (χ2n) is 9.71. The molecule has 5 heterocycles. The highest BCUT2D eigenvalue weighted by Gasteiger charge is 2.33. The molecule has 0 saturated carbocycles. The minimum absolute atomic E-state index is 0.0454. The van der Waals surface area contributed by atoms with Gasteiger partial charge in [0, 0.05) is 27.7 Å². The Bertz CT molecular complexity index is 2040. The van der Waals surface area contributed by atoms with E-state index in [1.165, 1.54) is 6.07 Å². The Morgan fingerprint density at radius 1 is 0.561 bits per heavy atom. The number of H-pyrrole nitrogens is 2. The minimum Gasteiger partial charge on any atom is -0.355 e. The first-order valence-electron chi connectivity index (χ1n) is 12.9. The summed E-state index contributed by atoms with van der Waals surface area (Å²) in [6, 6.07) is 25.4. The first-order valence-corrected chi connectivity index (χ1v) is 13.7. The van der Waals surface area contributed by atoms with Crippen molar-refractivity contribution in [2.75, 3.05) is 0 Å². The summed E-state index contributed by atoms with van der Waals surface area (Å²) < 4.78 is 43.7. The van der Waals surface area contributed by atoms with Crippen LogP contribution in [0.5, 0.6) is 0 Å². The van der Waals surface area contributed by atoms with Crippen LogP contribution in [0.3, 0.4) is 0 Å². The van der Waals surface area contributed by atoms with E-state index in [1.807, 2.05) is 91.0 Å². The van der Waals surface area contributed by atoms with Crippen molar-refractivity contribution >= 4 is 62.3 Å². The smallest absolute Gasteiger partial charge is 0.355 e. The zero-order valence-corrected chi connectivity index (χ0v) is 22.9. The lowest BCUT2D eigenvalue weighted by molar-refractivity contribution is -0.136. The van der Waals surface area contributed by atoms with E-state index in [9.17, 15) is 13.2 Å². The maximum atomic E-state index is 14.3. The molecule has 5 aromatic rings. The molecule has 8 bridgehead atoms. The zero-order chi connectivity index (χ0) is 28.1. The number of benzene rings is 2. The van der Waals surface area contributed by atoms with Gasteiger partial charge in [0.15, 0.2) is 0 Å². The number of hydrogen-bond donors (Lipinski definition) is 2. The van der Waals surface area contributed by atoms with Crippen molar-refractivity contribution in [3.8, 4) is 22.3 Å². The molecule has 2 aliphatic heterocycles. The highest BCUT2D eigenvalue weighted by molar-refractivity contribution is 9.10. The van der Waals surface area contributed by atoms with Gasteiger partial charge in [-0.3, -0.25) is 0 Å². The van der Waals surface area contributed by atoms with E-state index in [4.69, 9.17) is 9.97 Å². The number of hydrogen-bond acceptors (Lipinski definition) is 2. The lowest BCUT2D eigenvalue weighted by Gasteiger charge is -2.04. The fraction of sp³-hybridized carbons (Fsp3) is 0.0303. The van der Waals surface area contributed by atoms with Gasteiger partial charge in [0.2, 0.25) is 0 Å². The summed E-state index contributed by atoms with van der Waals surface area (Å²) in [5.74, 6) is 0. The normalized spacial score (nSPS) is 12.7. The number of alkyl halides is 3. The van der Waals surface area contributed by atoms with Crippen molar-refractivity contribution in [3.05, 3.63) is 118 Å². The highest BCUT2D eigenvalue weighted by atomic mass is 79.9. The maximum absolute atomic E-state index is 14.3. The molecular weight excluding hydrogens is 589 g/mol.